The van der Waals surface area contributed by atoms with Gasteiger partial charge in [-0.25, -0.2) is 4.99 Å². The van der Waals surface area contributed by atoms with Crippen LogP contribution in [-0.2, 0) is 5.41 Å². The zero-order valence-corrected chi connectivity index (χ0v) is 30.7. The van der Waals surface area contributed by atoms with Crippen molar-refractivity contribution in [2.45, 2.75) is 17.7 Å². The lowest BCUT2D eigenvalue weighted by Crippen LogP contribution is -2.44. The van der Waals surface area contributed by atoms with E-state index >= 15 is 0 Å². The first-order chi connectivity index (χ1) is 27.8. The van der Waals surface area contributed by atoms with Gasteiger partial charge in [0.15, 0.2) is 0 Å². The average Bonchev–Trinajstić information content (AvgIpc) is 3.78. The fourth-order valence-electron chi connectivity index (χ4n) is 9.32. The third-order valence-electron chi connectivity index (χ3n) is 11.8. The van der Waals surface area contributed by atoms with E-state index in [-0.39, 0.29) is 12.3 Å². The number of para-hydroxylation sites is 1. The second kappa shape index (κ2) is 13.1. The summed E-state index contributed by atoms with van der Waals surface area (Å²) in [6, 6.07) is 74.8. The molecule has 11 rings (SSSR count). The minimum absolute atomic E-state index is 0.111. The maximum Gasteiger partial charge on any atom is 0.131 e. The molecule has 1 aliphatic carbocycles. The van der Waals surface area contributed by atoms with Crippen LogP contribution in [0.3, 0.4) is 0 Å². The van der Waals surface area contributed by atoms with Crippen LogP contribution in [0.1, 0.15) is 51.3 Å². The molecule has 0 bridgehead atoms. The van der Waals surface area contributed by atoms with E-state index in [1.807, 2.05) is 6.07 Å². The molecule has 2 unspecified atom stereocenters. The van der Waals surface area contributed by atoms with E-state index in [1.165, 1.54) is 55.2 Å². The Labute approximate surface area is 326 Å². The average molecular weight is 719 g/mol. The molecule has 4 nitrogen and oxygen atoms in total. The van der Waals surface area contributed by atoms with Crippen LogP contribution in [0.5, 0.6) is 0 Å². The summed E-state index contributed by atoms with van der Waals surface area (Å²) in [5, 5.41) is 9.95. The fourth-order valence-corrected chi connectivity index (χ4v) is 9.32. The highest BCUT2D eigenvalue weighted by Gasteiger charge is 2.46. The molecule has 2 atom stereocenters. The lowest BCUT2D eigenvalue weighted by Gasteiger charge is -2.34. The Hall–Kier alpha value is -7.01. The van der Waals surface area contributed by atoms with Crippen LogP contribution in [0.15, 0.2) is 211 Å². The summed E-state index contributed by atoms with van der Waals surface area (Å²) in [7, 11) is 0. The van der Waals surface area contributed by atoms with Gasteiger partial charge in [-0.05, 0) is 68.8 Å². The molecule has 2 N–H and O–H groups in total. The van der Waals surface area contributed by atoms with Gasteiger partial charge in [-0.3, -0.25) is 5.32 Å². The van der Waals surface area contributed by atoms with Gasteiger partial charge >= 0.3 is 0 Å². The Morgan fingerprint density at radius 2 is 1.07 bits per heavy atom. The van der Waals surface area contributed by atoms with E-state index in [9.17, 15) is 0 Å². The van der Waals surface area contributed by atoms with Crippen molar-refractivity contribution in [2.75, 3.05) is 0 Å². The quantitative estimate of drug-likeness (QED) is 0.180. The molecule has 0 spiro atoms. The number of hydrogen-bond acceptors (Lipinski definition) is 3. The molecule has 9 aromatic rings. The number of hydrogen-bond donors (Lipinski definition) is 2. The van der Waals surface area contributed by atoms with E-state index in [1.54, 1.807) is 0 Å². The van der Waals surface area contributed by atoms with E-state index < -0.39 is 5.41 Å². The van der Waals surface area contributed by atoms with E-state index in [0.717, 1.165) is 28.2 Å². The van der Waals surface area contributed by atoms with Crippen molar-refractivity contribution in [3.05, 3.63) is 245 Å². The highest BCUT2D eigenvalue weighted by Crippen LogP contribution is 2.56. The second-order valence-electron chi connectivity index (χ2n) is 14.8. The van der Waals surface area contributed by atoms with Gasteiger partial charge in [0.05, 0.1) is 16.4 Å². The molecule has 8 aromatic carbocycles. The van der Waals surface area contributed by atoms with Crippen molar-refractivity contribution in [2.24, 2.45) is 4.99 Å². The monoisotopic (exact) mass is 718 g/mol. The van der Waals surface area contributed by atoms with E-state index in [2.05, 4.69) is 215 Å². The van der Waals surface area contributed by atoms with Crippen LogP contribution in [-0.4, -0.2) is 10.4 Å². The third-order valence-corrected chi connectivity index (χ3v) is 11.8. The van der Waals surface area contributed by atoms with Gasteiger partial charge in [0.1, 0.15) is 18.2 Å². The first-order valence-corrected chi connectivity index (χ1v) is 19.4. The van der Waals surface area contributed by atoms with Crippen molar-refractivity contribution in [1.82, 2.24) is 15.2 Å². The number of nitrogens with one attached hydrogen (secondary N) is 2. The molecule has 0 saturated heterocycles. The lowest BCUT2D eigenvalue weighted by atomic mass is 9.67. The van der Waals surface area contributed by atoms with Gasteiger partial charge in [-0.2, -0.15) is 0 Å². The van der Waals surface area contributed by atoms with Crippen LogP contribution in [0.2, 0.25) is 0 Å². The number of nitrogens with zero attached hydrogens (tertiary/aromatic N) is 2. The molecule has 1 aliphatic heterocycles. The zero-order valence-electron chi connectivity index (χ0n) is 30.7. The molecule has 0 saturated carbocycles. The van der Waals surface area contributed by atoms with Crippen molar-refractivity contribution >= 4 is 27.6 Å². The van der Waals surface area contributed by atoms with Gasteiger partial charge in [0.2, 0.25) is 0 Å². The summed E-state index contributed by atoms with van der Waals surface area (Å²) in [5.74, 6) is 0.874. The maximum absolute atomic E-state index is 5.28. The molecule has 2 heterocycles. The number of fused-ring (bicyclic) bond motifs is 6. The van der Waals surface area contributed by atoms with Gasteiger partial charge in [0, 0.05) is 22.0 Å². The van der Waals surface area contributed by atoms with Crippen LogP contribution >= 0.6 is 0 Å². The first kappa shape index (κ1) is 32.4. The Morgan fingerprint density at radius 3 is 1.82 bits per heavy atom. The van der Waals surface area contributed by atoms with E-state index in [4.69, 9.17) is 4.99 Å². The van der Waals surface area contributed by atoms with Crippen LogP contribution < -0.4 is 10.6 Å². The summed E-state index contributed by atoms with van der Waals surface area (Å²) in [6.07, 6.45) is -0.382. The highest BCUT2D eigenvalue weighted by atomic mass is 15.3. The second-order valence-corrected chi connectivity index (χ2v) is 14.8. The number of amidine groups is 1. The minimum Gasteiger partial charge on any atom is -0.350 e. The molecular weight excluding hydrogens is 681 g/mol. The molecule has 0 amide bonds. The molecule has 2 aliphatic rings. The van der Waals surface area contributed by atoms with Crippen LogP contribution in [0.25, 0.3) is 38.6 Å². The molecule has 0 radical (unpaired) electrons. The number of aromatic nitrogens is 1. The van der Waals surface area contributed by atoms with Gasteiger partial charge in [-0.15, -0.1) is 0 Å². The lowest BCUT2D eigenvalue weighted by molar-refractivity contribution is 0.409. The standard InChI is InChI=1S/C52H38N4/c1-4-17-35(18-5-1)49-53-50(36-19-6-2-7-20-36)55-51(54-49)37-21-16-24-40(33-37)56-47-30-15-12-27-43(47)44-32-31-39(34-48(44)56)52(38-22-8-3-9-23-38)45-28-13-10-25-41(45)42-26-11-14-29-46(42)52/h1-34,49,51,54H,(H,53,55). The van der Waals surface area contributed by atoms with Crippen molar-refractivity contribution in [3.63, 3.8) is 0 Å². The fraction of sp³-hybridized carbons (Fsp3) is 0.0577. The maximum atomic E-state index is 5.28. The van der Waals surface area contributed by atoms with Crippen molar-refractivity contribution < 1.29 is 0 Å². The smallest absolute Gasteiger partial charge is 0.131 e. The molecule has 1 aromatic heterocycles. The summed E-state index contributed by atoms with van der Waals surface area (Å²) in [6.45, 7) is 0. The molecule has 266 valence electrons. The summed E-state index contributed by atoms with van der Waals surface area (Å²) < 4.78 is 2.45. The summed E-state index contributed by atoms with van der Waals surface area (Å²) in [4.78, 5) is 5.28. The van der Waals surface area contributed by atoms with Gasteiger partial charge < -0.3 is 9.88 Å². The van der Waals surface area contributed by atoms with Crippen LogP contribution in [0, 0.1) is 0 Å². The molecule has 56 heavy (non-hydrogen) atoms. The largest absolute Gasteiger partial charge is 0.350 e. The van der Waals surface area contributed by atoms with Gasteiger partial charge in [0.25, 0.3) is 0 Å². The minimum atomic E-state index is -0.486. The molecular formula is C52H38N4. The summed E-state index contributed by atoms with van der Waals surface area (Å²) >= 11 is 0. The van der Waals surface area contributed by atoms with Gasteiger partial charge in [-0.1, -0.05) is 182 Å². The zero-order chi connectivity index (χ0) is 37.1. The normalized spacial score (nSPS) is 16.9. The SMILES string of the molecule is c1ccc(C2=NC(c3cccc(-n4c5ccccc5c5ccc(C6(c7ccccc7)c7ccccc7-c7ccccc76)cc54)c3)NC(c3ccccc3)N2)cc1. The number of aliphatic imine (C=N–C) groups is 1. The Bertz CT molecular complexity index is 2880. The van der Waals surface area contributed by atoms with Crippen molar-refractivity contribution in [3.8, 4) is 16.8 Å². The Morgan fingerprint density at radius 1 is 0.464 bits per heavy atom. The van der Waals surface area contributed by atoms with E-state index in [0.29, 0.717) is 0 Å². The topological polar surface area (TPSA) is 41.4 Å². The van der Waals surface area contributed by atoms with Crippen molar-refractivity contribution in [1.29, 1.82) is 0 Å². The molecule has 4 heteroatoms. The number of benzene rings is 8. The Balaban J connectivity index is 1.11. The predicted octanol–water partition coefficient (Wildman–Crippen LogP) is 11.5. The first-order valence-electron chi connectivity index (χ1n) is 19.4. The number of rotatable bonds is 6. The van der Waals surface area contributed by atoms with Crippen LogP contribution in [0.4, 0.5) is 0 Å². The summed E-state index contributed by atoms with van der Waals surface area (Å²) in [5.41, 5.74) is 14.0. The highest BCUT2D eigenvalue weighted by molar-refractivity contribution is 6.09. The third kappa shape index (κ3) is 5.00. The predicted molar refractivity (Wildman–Crippen MR) is 229 cm³/mol. The Kier molecular flexibility index (Phi) is 7.58. The molecule has 0 fully saturated rings.